The Kier molecular flexibility index (Phi) is 7.52. The molecule has 3 aromatic rings. The van der Waals surface area contributed by atoms with Crippen LogP contribution in [0.2, 0.25) is 5.02 Å². The van der Waals surface area contributed by atoms with E-state index in [1.807, 2.05) is 4.90 Å². The van der Waals surface area contributed by atoms with Gasteiger partial charge in [-0.2, -0.15) is 14.1 Å². The Labute approximate surface area is 244 Å². The second-order valence-corrected chi connectivity index (χ2v) is 13.1. The largest absolute Gasteiger partial charge is 0.483 e. The van der Waals surface area contributed by atoms with Crippen molar-refractivity contribution in [3.05, 3.63) is 69.6 Å². The zero-order valence-electron chi connectivity index (χ0n) is 22.8. The van der Waals surface area contributed by atoms with Crippen LogP contribution in [0.3, 0.4) is 0 Å². The van der Waals surface area contributed by atoms with Crippen LogP contribution < -0.4 is 20.1 Å². The fourth-order valence-electron chi connectivity index (χ4n) is 5.91. The van der Waals surface area contributed by atoms with Gasteiger partial charge in [0.25, 0.3) is 0 Å². The van der Waals surface area contributed by atoms with E-state index in [1.165, 1.54) is 15.9 Å². The Bertz CT molecular complexity index is 1650. The molecule has 2 aromatic carbocycles. The summed E-state index contributed by atoms with van der Waals surface area (Å²) in [7, 11) is -3.73. The lowest BCUT2D eigenvalue weighted by atomic mass is 10.2. The van der Waals surface area contributed by atoms with Crippen LogP contribution >= 0.6 is 11.6 Å². The minimum Gasteiger partial charge on any atom is -0.483 e. The molecule has 12 heteroatoms. The third kappa shape index (κ3) is 5.33. The number of sulfonamides is 1. The first kappa shape index (κ1) is 27.7. The molecule has 3 heterocycles. The van der Waals surface area contributed by atoms with E-state index in [0.29, 0.717) is 42.5 Å². The number of aromatic nitrogens is 2. The van der Waals surface area contributed by atoms with E-state index in [-0.39, 0.29) is 41.3 Å². The first-order valence-corrected chi connectivity index (χ1v) is 15.8. The van der Waals surface area contributed by atoms with E-state index in [0.717, 1.165) is 36.9 Å². The molecule has 0 unspecified atom stereocenters. The second-order valence-electron chi connectivity index (χ2n) is 10.7. The van der Waals surface area contributed by atoms with Crippen LogP contribution in [0.15, 0.2) is 58.4 Å². The summed E-state index contributed by atoms with van der Waals surface area (Å²) in [5.41, 5.74) is 2.38. The molecule has 1 saturated carbocycles. The average molecular weight is 598 g/mol. The predicted molar refractivity (Wildman–Crippen MR) is 157 cm³/mol. The normalized spacial score (nSPS) is 18.1. The number of nitrogens with zero attached hydrogens (tertiary/aromatic N) is 5. The van der Waals surface area contributed by atoms with E-state index < -0.39 is 10.0 Å². The quantitative estimate of drug-likeness (QED) is 0.427. The van der Waals surface area contributed by atoms with Gasteiger partial charge < -0.3 is 14.5 Å². The number of ether oxygens (including phenoxy) is 1. The van der Waals surface area contributed by atoms with E-state index in [2.05, 4.69) is 5.10 Å². The molecule has 0 N–H and O–H groups in total. The molecule has 10 nitrogen and oxygen atoms in total. The van der Waals surface area contributed by atoms with Gasteiger partial charge in [-0.25, -0.2) is 8.42 Å². The van der Waals surface area contributed by atoms with Crippen molar-refractivity contribution in [2.45, 2.75) is 50.0 Å². The summed E-state index contributed by atoms with van der Waals surface area (Å²) in [6.45, 7) is 3.33. The highest BCUT2D eigenvalue weighted by Gasteiger charge is 2.33. The lowest BCUT2D eigenvalue weighted by Gasteiger charge is -2.36. The smallest absolute Gasteiger partial charge is 0.316 e. The molecule has 216 valence electrons. The zero-order chi connectivity index (χ0) is 28.7. The summed E-state index contributed by atoms with van der Waals surface area (Å²) in [6.07, 6.45) is 6.09. The second kappa shape index (κ2) is 11.1. The monoisotopic (exact) mass is 597 g/mol. The van der Waals surface area contributed by atoms with Gasteiger partial charge >= 0.3 is 5.56 Å². The number of piperazine rings is 1. The third-order valence-corrected chi connectivity index (χ3v) is 10.2. The van der Waals surface area contributed by atoms with Crippen LogP contribution in [0, 0.1) is 0 Å². The highest BCUT2D eigenvalue weighted by Crippen LogP contribution is 2.33. The summed E-state index contributed by atoms with van der Waals surface area (Å²) in [5.74, 6) is 0.179. The molecule has 2 fully saturated rings. The Morgan fingerprint density at radius 3 is 2.46 bits per heavy atom. The van der Waals surface area contributed by atoms with Crippen molar-refractivity contribution < 1.29 is 17.9 Å². The van der Waals surface area contributed by atoms with Crippen molar-refractivity contribution in [3.63, 3.8) is 0 Å². The van der Waals surface area contributed by atoms with Gasteiger partial charge in [0, 0.05) is 50.4 Å². The van der Waals surface area contributed by atoms with E-state index in [1.54, 1.807) is 53.6 Å². The van der Waals surface area contributed by atoms with E-state index in [9.17, 15) is 18.0 Å². The molecule has 0 bridgehead atoms. The molecule has 2 aliphatic heterocycles. The third-order valence-electron chi connectivity index (χ3n) is 8.10. The van der Waals surface area contributed by atoms with Gasteiger partial charge in [0.05, 0.1) is 22.9 Å². The van der Waals surface area contributed by atoms with Crippen LogP contribution in [0.4, 0.5) is 11.4 Å². The Hall–Kier alpha value is -3.41. The Morgan fingerprint density at radius 1 is 1.00 bits per heavy atom. The fourth-order valence-corrected chi connectivity index (χ4v) is 7.57. The molecule has 1 aromatic heterocycles. The summed E-state index contributed by atoms with van der Waals surface area (Å²) in [5, 5.41) is 4.93. The number of hydrogen-bond donors (Lipinski definition) is 0. The van der Waals surface area contributed by atoms with Crippen LogP contribution in [0.1, 0.15) is 38.2 Å². The average Bonchev–Trinajstić information content (AvgIpc) is 3.64. The molecule has 6 rings (SSSR count). The highest BCUT2D eigenvalue weighted by molar-refractivity contribution is 7.89. The van der Waals surface area contributed by atoms with Crippen molar-refractivity contribution in [2.24, 2.45) is 0 Å². The summed E-state index contributed by atoms with van der Waals surface area (Å²) in [4.78, 5) is 29.4. The minimum atomic E-state index is -3.73. The molecule has 1 saturated heterocycles. The van der Waals surface area contributed by atoms with Crippen molar-refractivity contribution in [2.75, 3.05) is 42.5 Å². The van der Waals surface area contributed by atoms with E-state index >= 15 is 0 Å². The number of amides is 1. The molecule has 0 radical (unpaired) electrons. The highest BCUT2D eigenvalue weighted by atomic mass is 35.5. The number of fused-ring (bicyclic) bond motifs is 1. The number of benzene rings is 2. The summed E-state index contributed by atoms with van der Waals surface area (Å²) in [6, 6.07) is 11.9. The fraction of sp³-hybridized carbons (Fsp3) is 0.414. The van der Waals surface area contributed by atoms with Crippen LogP contribution in [-0.4, -0.2) is 67.2 Å². The van der Waals surface area contributed by atoms with Crippen molar-refractivity contribution >= 4 is 38.9 Å². The van der Waals surface area contributed by atoms with Gasteiger partial charge in [0.1, 0.15) is 5.69 Å². The molecular weight excluding hydrogens is 566 g/mol. The number of carbonyl (C=O) groups excluding carboxylic acids is 1. The number of anilines is 2. The summed E-state index contributed by atoms with van der Waals surface area (Å²) < 4.78 is 36.2. The van der Waals surface area contributed by atoms with Crippen LogP contribution in [-0.2, 0) is 21.2 Å². The zero-order valence-corrected chi connectivity index (χ0v) is 24.4. The number of hydrogen-bond acceptors (Lipinski definition) is 7. The molecule has 3 aliphatic rings. The molecule has 1 aliphatic carbocycles. The van der Waals surface area contributed by atoms with Gasteiger partial charge in [-0.3, -0.25) is 9.59 Å². The Balaban J connectivity index is 1.24. The van der Waals surface area contributed by atoms with E-state index in [4.69, 9.17) is 16.3 Å². The maximum Gasteiger partial charge on any atom is 0.316 e. The topological polar surface area (TPSA) is 105 Å². The van der Waals surface area contributed by atoms with Crippen molar-refractivity contribution in [1.82, 2.24) is 14.1 Å². The van der Waals surface area contributed by atoms with Crippen molar-refractivity contribution in [3.8, 4) is 11.4 Å². The number of rotatable bonds is 6. The summed E-state index contributed by atoms with van der Waals surface area (Å²) >= 11 is 6.17. The van der Waals surface area contributed by atoms with Crippen molar-refractivity contribution in [1.29, 1.82) is 0 Å². The lowest BCUT2D eigenvalue weighted by Crippen LogP contribution is -2.49. The van der Waals surface area contributed by atoms with Gasteiger partial charge in [-0.1, -0.05) is 17.7 Å². The first-order chi connectivity index (χ1) is 19.7. The number of carbonyl (C=O) groups is 1. The minimum absolute atomic E-state index is 0.0444. The standard InChI is InChI=1S/C29H32ClN5O5S/c1-20(36)34-12-11-21-17-25(9-10-26(21)34)41(38,39)33-15-13-32(14-16-33)27-19-31-35(23-6-4-5-22(30)18-23)29(37)28(27)40-24-7-2-3-8-24/h4-6,9-10,17-19,24H,2-3,7-8,11-16H2,1H3. The van der Waals surface area contributed by atoms with Gasteiger partial charge in [0.2, 0.25) is 21.7 Å². The van der Waals surface area contributed by atoms with Gasteiger partial charge in [-0.05, 0) is 74.1 Å². The molecule has 1 amide bonds. The predicted octanol–water partition coefficient (Wildman–Crippen LogP) is 3.63. The molecule has 0 spiro atoms. The number of halogens is 1. The van der Waals surface area contributed by atoms with Gasteiger partial charge in [-0.15, -0.1) is 0 Å². The molecule has 0 atom stereocenters. The SMILES string of the molecule is CC(=O)N1CCc2cc(S(=O)(=O)N3CCN(c4cnn(-c5cccc(Cl)c5)c(=O)c4OC4CCCC4)CC3)ccc21. The lowest BCUT2D eigenvalue weighted by molar-refractivity contribution is -0.116. The molecule has 41 heavy (non-hydrogen) atoms. The maximum atomic E-state index is 13.7. The first-order valence-electron chi connectivity index (χ1n) is 13.9. The maximum absolute atomic E-state index is 13.7. The van der Waals surface area contributed by atoms with Crippen LogP contribution in [0.5, 0.6) is 5.75 Å². The molecular formula is C29H32ClN5O5S. The van der Waals surface area contributed by atoms with Crippen LogP contribution in [0.25, 0.3) is 5.69 Å². The Morgan fingerprint density at radius 2 is 1.76 bits per heavy atom. The van der Waals surface area contributed by atoms with Gasteiger partial charge in [0.15, 0.2) is 0 Å².